The third-order valence-electron chi connectivity index (χ3n) is 4.33. The van der Waals surface area contributed by atoms with Gasteiger partial charge in [-0.3, -0.25) is 0 Å². The van der Waals surface area contributed by atoms with E-state index in [2.05, 4.69) is 88.1 Å². The quantitative estimate of drug-likeness (QED) is 0.499. The van der Waals surface area contributed by atoms with Crippen molar-refractivity contribution in [3.63, 3.8) is 0 Å². The van der Waals surface area contributed by atoms with Crippen LogP contribution in [-0.4, -0.2) is 15.8 Å². The van der Waals surface area contributed by atoms with Gasteiger partial charge in [-0.2, -0.15) is 0 Å². The molecule has 0 fully saturated rings. The molecule has 0 bridgehead atoms. The number of benzene rings is 2. The SMILES string of the molecule is COC(c1cc2ccccc2n1P)c1cc2ccccc2n1P. The van der Waals surface area contributed by atoms with E-state index in [-0.39, 0.29) is 6.10 Å². The molecule has 0 aliphatic carbocycles. The van der Waals surface area contributed by atoms with E-state index >= 15 is 0 Å². The molecule has 116 valence electrons. The lowest BCUT2D eigenvalue weighted by atomic mass is 10.1. The maximum Gasteiger partial charge on any atom is 0.137 e. The molecule has 0 aliphatic rings. The second-order valence-corrected chi connectivity index (χ2v) is 6.64. The summed E-state index contributed by atoms with van der Waals surface area (Å²) in [4.78, 5) is 0. The lowest BCUT2D eigenvalue weighted by Gasteiger charge is -2.17. The summed E-state index contributed by atoms with van der Waals surface area (Å²) in [6, 6.07) is 21.1. The Kier molecular flexibility index (Phi) is 3.73. The lowest BCUT2D eigenvalue weighted by Crippen LogP contribution is -2.08. The summed E-state index contributed by atoms with van der Waals surface area (Å²) in [6.07, 6.45) is -0.134. The van der Waals surface area contributed by atoms with Gasteiger partial charge in [0.15, 0.2) is 0 Å². The van der Waals surface area contributed by atoms with Crippen LogP contribution in [-0.2, 0) is 4.74 Å². The van der Waals surface area contributed by atoms with Crippen LogP contribution in [0.4, 0.5) is 0 Å². The maximum atomic E-state index is 5.87. The van der Waals surface area contributed by atoms with Gasteiger partial charge < -0.3 is 13.4 Å². The van der Waals surface area contributed by atoms with Crippen LogP contribution in [0.5, 0.6) is 0 Å². The summed E-state index contributed by atoms with van der Waals surface area (Å²) >= 11 is 0. The summed E-state index contributed by atoms with van der Waals surface area (Å²) in [5, 5.41) is 2.43. The number of ether oxygens (including phenoxy) is 1. The first-order valence-corrected chi connectivity index (χ1v) is 8.47. The van der Waals surface area contributed by atoms with Gasteiger partial charge in [-0.05, 0) is 43.0 Å². The van der Waals surface area contributed by atoms with Crippen molar-refractivity contribution in [2.75, 3.05) is 7.11 Å². The van der Waals surface area contributed by atoms with Gasteiger partial charge in [-0.1, -0.05) is 36.4 Å². The summed E-state index contributed by atoms with van der Waals surface area (Å²) in [7, 11) is 7.36. The molecule has 0 radical (unpaired) electrons. The van der Waals surface area contributed by atoms with E-state index in [1.807, 2.05) is 0 Å². The molecule has 3 nitrogen and oxygen atoms in total. The van der Waals surface area contributed by atoms with E-state index < -0.39 is 0 Å². The van der Waals surface area contributed by atoms with Crippen molar-refractivity contribution in [1.82, 2.24) is 8.68 Å². The van der Waals surface area contributed by atoms with Gasteiger partial charge in [0.1, 0.15) is 6.10 Å². The van der Waals surface area contributed by atoms with Gasteiger partial charge in [0, 0.05) is 17.9 Å². The number of methoxy groups -OCH3 is 1. The van der Waals surface area contributed by atoms with Crippen molar-refractivity contribution >= 4 is 40.6 Å². The average molecular weight is 340 g/mol. The Morgan fingerprint density at radius 2 is 1.22 bits per heavy atom. The second kappa shape index (κ2) is 5.76. The Morgan fingerprint density at radius 1 is 0.783 bits per heavy atom. The fourth-order valence-electron chi connectivity index (χ4n) is 3.19. The molecule has 2 aromatic heterocycles. The minimum absolute atomic E-state index is 0.134. The zero-order chi connectivity index (χ0) is 16.0. The fourth-order valence-corrected chi connectivity index (χ4v) is 4.08. The molecule has 4 aromatic rings. The molecule has 4 rings (SSSR count). The van der Waals surface area contributed by atoms with Crippen LogP contribution in [0.15, 0.2) is 60.7 Å². The molecule has 0 amide bonds. The summed E-state index contributed by atoms with van der Waals surface area (Å²) in [6.45, 7) is 0. The molecule has 0 saturated heterocycles. The van der Waals surface area contributed by atoms with Crippen LogP contribution in [0.1, 0.15) is 17.5 Å². The van der Waals surface area contributed by atoms with Gasteiger partial charge in [-0.15, -0.1) is 0 Å². The first kappa shape index (κ1) is 14.9. The van der Waals surface area contributed by atoms with Crippen LogP contribution >= 0.6 is 18.8 Å². The third kappa shape index (κ3) is 2.32. The highest BCUT2D eigenvalue weighted by molar-refractivity contribution is 7.15. The van der Waals surface area contributed by atoms with Crippen LogP contribution in [0, 0.1) is 0 Å². The van der Waals surface area contributed by atoms with Crippen molar-refractivity contribution < 1.29 is 4.74 Å². The number of para-hydroxylation sites is 2. The minimum Gasteiger partial charge on any atom is -0.369 e. The average Bonchev–Trinajstić information content (AvgIpc) is 3.08. The fraction of sp³-hybridized carbons (Fsp3) is 0.111. The van der Waals surface area contributed by atoms with Crippen molar-refractivity contribution in [3.8, 4) is 0 Å². The number of hydrogen-bond donors (Lipinski definition) is 0. The smallest absolute Gasteiger partial charge is 0.137 e. The van der Waals surface area contributed by atoms with Gasteiger partial charge >= 0.3 is 0 Å². The molecule has 0 saturated carbocycles. The molecular formula is C18H18N2OP2. The Bertz CT molecular complexity index is 923. The van der Waals surface area contributed by atoms with Gasteiger partial charge in [-0.25, -0.2) is 0 Å². The molecule has 0 spiro atoms. The van der Waals surface area contributed by atoms with E-state index in [1.165, 1.54) is 21.8 Å². The van der Waals surface area contributed by atoms with E-state index in [4.69, 9.17) is 4.74 Å². The number of nitrogens with zero attached hydrogens (tertiary/aromatic N) is 2. The van der Waals surface area contributed by atoms with E-state index in [0.717, 1.165) is 11.4 Å². The second-order valence-electron chi connectivity index (χ2n) is 5.61. The topological polar surface area (TPSA) is 19.1 Å². The zero-order valence-corrected chi connectivity index (χ0v) is 15.1. The maximum absolute atomic E-state index is 5.87. The largest absolute Gasteiger partial charge is 0.369 e. The minimum atomic E-state index is -0.134. The zero-order valence-electron chi connectivity index (χ0n) is 12.8. The highest BCUT2D eigenvalue weighted by atomic mass is 31.0. The Balaban J connectivity index is 1.92. The summed E-state index contributed by atoms with van der Waals surface area (Å²) in [5.41, 5.74) is 4.59. The van der Waals surface area contributed by atoms with Gasteiger partial charge in [0.2, 0.25) is 0 Å². The summed E-state index contributed by atoms with van der Waals surface area (Å²) < 4.78 is 10.1. The van der Waals surface area contributed by atoms with Crippen LogP contribution in [0.25, 0.3) is 21.8 Å². The molecule has 2 atom stereocenters. The number of hydrogen-bond acceptors (Lipinski definition) is 1. The van der Waals surface area contributed by atoms with Crippen molar-refractivity contribution in [1.29, 1.82) is 0 Å². The Hall–Kier alpha value is -1.66. The van der Waals surface area contributed by atoms with Gasteiger partial charge in [0.25, 0.3) is 0 Å². The van der Waals surface area contributed by atoms with Gasteiger partial charge in [0.05, 0.1) is 22.4 Å². The Labute approximate surface area is 139 Å². The molecule has 5 heteroatoms. The van der Waals surface area contributed by atoms with E-state index in [9.17, 15) is 0 Å². The Morgan fingerprint density at radius 3 is 1.61 bits per heavy atom. The monoisotopic (exact) mass is 340 g/mol. The molecular weight excluding hydrogens is 322 g/mol. The number of rotatable bonds is 3. The van der Waals surface area contributed by atoms with Crippen LogP contribution in [0.3, 0.4) is 0 Å². The highest BCUT2D eigenvalue weighted by Crippen LogP contribution is 2.35. The molecule has 0 aliphatic heterocycles. The van der Waals surface area contributed by atoms with E-state index in [0.29, 0.717) is 0 Å². The predicted molar refractivity (Wildman–Crippen MR) is 103 cm³/mol. The third-order valence-corrected chi connectivity index (χ3v) is 5.48. The van der Waals surface area contributed by atoms with Crippen molar-refractivity contribution in [2.45, 2.75) is 6.10 Å². The standard InChI is InChI=1S/C18H18N2OP2/c1-21-18(16-10-12-6-2-4-8-14(12)19(16)22)17-11-13-7-3-5-9-15(13)20(17)23/h2-11,18H,22-23H2,1H3. The molecule has 0 N–H and O–H groups in total. The number of fused-ring (bicyclic) bond motifs is 2. The molecule has 23 heavy (non-hydrogen) atoms. The normalized spacial score (nSPS) is 11.8. The lowest BCUT2D eigenvalue weighted by molar-refractivity contribution is 0.129. The molecule has 2 heterocycles. The molecule has 2 unspecified atom stereocenters. The number of aromatic nitrogens is 2. The molecule has 2 aromatic carbocycles. The van der Waals surface area contributed by atoms with E-state index in [1.54, 1.807) is 7.11 Å². The predicted octanol–water partition coefficient (Wildman–Crippen LogP) is 4.61. The summed E-state index contributed by atoms with van der Waals surface area (Å²) in [5.74, 6) is 0. The van der Waals surface area contributed by atoms with Crippen LogP contribution in [0.2, 0.25) is 0 Å². The van der Waals surface area contributed by atoms with Crippen molar-refractivity contribution in [3.05, 3.63) is 72.1 Å². The first-order chi connectivity index (χ1) is 11.2. The first-order valence-electron chi connectivity index (χ1n) is 7.44. The van der Waals surface area contributed by atoms with Crippen molar-refractivity contribution in [2.24, 2.45) is 0 Å². The highest BCUT2D eigenvalue weighted by Gasteiger charge is 2.22. The van der Waals surface area contributed by atoms with Crippen LogP contribution < -0.4 is 0 Å².